The molecule has 0 radical (unpaired) electrons. The maximum Gasteiger partial charge on any atom is 0.491 e. The third kappa shape index (κ3) is 4.51. The normalized spacial score (nSPS) is 19.6. The van der Waals surface area contributed by atoms with Crippen molar-refractivity contribution < 1.29 is 18.5 Å². The molecule has 1 aromatic rings. The highest BCUT2D eigenvalue weighted by molar-refractivity contribution is 9.10. The van der Waals surface area contributed by atoms with Crippen molar-refractivity contribution in [3.63, 3.8) is 0 Å². The summed E-state index contributed by atoms with van der Waals surface area (Å²) in [5.41, 5.74) is 0.561. The summed E-state index contributed by atoms with van der Waals surface area (Å²) in [6.07, 6.45) is 1.83. The molecule has 1 aromatic carbocycles. The van der Waals surface area contributed by atoms with Crippen molar-refractivity contribution in [2.45, 2.75) is 45.8 Å². The van der Waals surface area contributed by atoms with E-state index in [2.05, 4.69) is 15.9 Å². The maximum atomic E-state index is 13.8. The van der Waals surface area contributed by atoms with Gasteiger partial charge in [-0.1, -0.05) is 23.9 Å². The van der Waals surface area contributed by atoms with Crippen LogP contribution >= 0.6 is 27.7 Å². The fourth-order valence-electron chi connectivity index (χ4n) is 2.17. The second-order valence-corrected chi connectivity index (χ2v) is 8.77. The Morgan fingerprint density at radius 3 is 2.38 bits per heavy atom. The molecule has 0 amide bonds. The molecule has 0 saturated carbocycles. The van der Waals surface area contributed by atoms with Crippen LogP contribution in [-0.2, 0) is 14.1 Å². The van der Waals surface area contributed by atoms with Gasteiger partial charge in [0.1, 0.15) is 5.82 Å². The Bertz CT molecular complexity index is 660. The first-order chi connectivity index (χ1) is 11.0. The Labute approximate surface area is 155 Å². The van der Waals surface area contributed by atoms with Crippen molar-refractivity contribution in [3.05, 3.63) is 39.5 Å². The van der Waals surface area contributed by atoms with Crippen LogP contribution in [0.1, 0.15) is 40.2 Å². The van der Waals surface area contributed by atoms with Crippen molar-refractivity contribution in [1.82, 2.24) is 0 Å². The van der Waals surface area contributed by atoms with E-state index in [1.807, 2.05) is 33.8 Å². The lowest BCUT2D eigenvalue weighted by Gasteiger charge is -2.32. The Kier molecular flexibility index (Phi) is 6.01. The van der Waals surface area contributed by atoms with E-state index in [0.717, 1.165) is 5.47 Å². The maximum absolute atomic E-state index is 13.8. The Hall–Kier alpha value is -0.625. The minimum atomic E-state index is -0.562. The van der Waals surface area contributed by atoms with Gasteiger partial charge in [0.2, 0.25) is 0 Å². The first kappa shape index (κ1) is 19.7. The van der Waals surface area contributed by atoms with Gasteiger partial charge < -0.3 is 9.31 Å². The van der Waals surface area contributed by atoms with E-state index in [0.29, 0.717) is 15.8 Å². The standard InChI is InChI=1S/C17H21BBrFO3S/c1-11(21)24-10-13(8-12-6-7-14(19)15(20)9-12)18-22-16(2,3)17(4,5)23-18/h6-9H,10H2,1-5H3. The summed E-state index contributed by atoms with van der Waals surface area (Å²) in [6.45, 7) is 9.42. The highest BCUT2D eigenvalue weighted by Gasteiger charge is 2.52. The molecule has 1 fully saturated rings. The first-order valence-corrected chi connectivity index (χ1v) is 9.44. The van der Waals surface area contributed by atoms with E-state index >= 15 is 0 Å². The molecule has 0 aliphatic carbocycles. The molecule has 24 heavy (non-hydrogen) atoms. The van der Waals surface area contributed by atoms with Crippen LogP contribution in [0.4, 0.5) is 4.39 Å². The number of halogens is 2. The highest BCUT2D eigenvalue weighted by atomic mass is 79.9. The average Bonchev–Trinajstić information content (AvgIpc) is 2.67. The van der Waals surface area contributed by atoms with Gasteiger partial charge in [0.05, 0.1) is 15.7 Å². The van der Waals surface area contributed by atoms with E-state index in [1.165, 1.54) is 24.8 Å². The second-order valence-electron chi connectivity index (χ2n) is 6.76. The molecule has 2 rings (SSSR count). The largest absolute Gasteiger partial charge is 0.491 e. The summed E-state index contributed by atoms with van der Waals surface area (Å²) in [7, 11) is -0.562. The van der Waals surface area contributed by atoms with Gasteiger partial charge >= 0.3 is 7.12 Å². The summed E-state index contributed by atoms with van der Waals surface area (Å²) >= 11 is 4.33. The van der Waals surface area contributed by atoms with Gasteiger partial charge in [-0.05, 0) is 66.8 Å². The molecule has 1 heterocycles. The van der Waals surface area contributed by atoms with Crippen molar-refractivity contribution in [2.24, 2.45) is 0 Å². The minimum absolute atomic E-state index is 0.0133. The topological polar surface area (TPSA) is 35.5 Å². The van der Waals surface area contributed by atoms with E-state index < -0.39 is 18.3 Å². The molecule has 0 bridgehead atoms. The van der Waals surface area contributed by atoms with Gasteiger partial charge in [-0.2, -0.15) is 0 Å². The molecule has 1 saturated heterocycles. The van der Waals surface area contributed by atoms with Gasteiger partial charge in [-0.3, -0.25) is 4.79 Å². The van der Waals surface area contributed by atoms with Crippen LogP contribution < -0.4 is 0 Å². The summed E-state index contributed by atoms with van der Waals surface area (Å²) in [6, 6.07) is 4.89. The highest BCUT2D eigenvalue weighted by Crippen LogP contribution is 2.39. The van der Waals surface area contributed by atoms with Gasteiger partial charge in [0, 0.05) is 12.7 Å². The van der Waals surface area contributed by atoms with Crippen LogP contribution in [-0.4, -0.2) is 29.2 Å². The fraction of sp³-hybridized carbons (Fsp3) is 0.471. The molecule has 3 nitrogen and oxygen atoms in total. The fourth-order valence-corrected chi connectivity index (χ4v) is 3.01. The molecular formula is C17H21BBrFO3S. The summed E-state index contributed by atoms with van der Waals surface area (Å²) in [5, 5.41) is 0.0133. The van der Waals surface area contributed by atoms with Gasteiger partial charge in [-0.15, -0.1) is 0 Å². The monoisotopic (exact) mass is 414 g/mol. The zero-order chi connectivity index (χ0) is 18.1. The quantitative estimate of drug-likeness (QED) is 0.657. The number of rotatable bonds is 4. The van der Waals surface area contributed by atoms with Crippen molar-refractivity contribution in [3.8, 4) is 0 Å². The SMILES string of the molecule is CC(=O)SCC(=Cc1ccc(Br)c(F)c1)B1OC(C)(C)C(C)(C)O1. The second kappa shape index (κ2) is 7.32. The molecule has 7 heteroatoms. The Morgan fingerprint density at radius 2 is 1.88 bits per heavy atom. The number of hydrogen-bond acceptors (Lipinski definition) is 4. The molecule has 0 N–H and O–H groups in total. The average molecular weight is 415 g/mol. The number of thioether (sulfide) groups is 1. The molecule has 130 valence electrons. The van der Waals surface area contributed by atoms with Crippen molar-refractivity contribution >= 4 is 46.0 Å². The van der Waals surface area contributed by atoms with Gasteiger partial charge in [0.25, 0.3) is 0 Å². The van der Waals surface area contributed by atoms with Crippen LogP contribution in [0.15, 0.2) is 28.1 Å². The van der Waals surface area contributed by atoms with Crippen LogP contribution in [0.3, 0.4) is 0 Å². The third-order valence-corrected chi connectivity index (χ3v) is 5.82. The zero-order valence-corrected chi connectivity index (χ0v) is 16.9. The minimum Gasteiger partial charge on any atom is -0.400 e. The van der Waals surface area contributed by atoms with Crippen LogP contribution in [0.5, 0.6) is 0 Å². The lowest BCUT2D eigenvalue weighted by atomic mass is 9.78. The molecule has 0 aromatic heterocycles. The summed E-state index contributed by atoms with van der Waals surface area (Å²) < 4.78 is 26.3. The van der Waals surface area contributed by atoms with E-state index in [1.54, 1.807) is 12.1 Å². The zero-order valence-electron chi connectivity index (χ0n) is 14.5. The van der Waals surface area contributed by atoms with Gasteiger partial charge in [0.15, 0.2) is 5.12 Å². The van der Waals surface area contributed by atoms with E-state index in [9.17, 15) is 9.18 Å². The predicted molar refractivity (Wildman–Crippen MR) is 101 cm³/mol. The number of carbonyl (C=O) groups excluding carboxylic acids is 1. The van der Waals surface area contributed by atoms with Crippen LogP contribution in [0.25, 0.3) is 6.08 Å². The Balaban J connectivity index is 2.33. The Morgan fingerprint density at radius 1 is 1.29 bits per heavy atom. The first-order valence-electron chi connectivity index (χ1n) is 7.66. The molecular weight excluding hydrogens is 394 g/mol. The molecule has 1 aliphatic heterocycles. The molecule has 0 spiro atoms. The summed E-state index contributed by atoms with van der Waals surface area (Å²) in [5.74, 6) is 0.0976. The van der Waals surface area contributed by atoms with E-state index in [-0.39, 0.29) is 10.9 Å². The van der Waals surface area contributed by atoms with Crippen LogP contribution in [0, 0.1) is 5.82 Å². The number of carbonyl (C=O) groups is 1. The smallest absolute Gasteiger partial charge is 0.400 e. The van der Waals surface area contributed by atoms with E-state index in [4.69, 9.17) is 9.31 Å². The third-order valence-electron chi connectivity index (χ3n) is 4.29. The lowest BCUT2D eigenvalue weighted by Crippen LogP contribution is -2.41. The molecule has 0 unspecified atom stereocenters. The molecule has 0 atom stereocenters. The summed E-state index contributed by atoms with van der Waals surface area (Å²) in [4.78, 5) is 11.4. The number of benzene rings is 1. The number of hydrogen-bond donors (Lipinski definition) is 0. The van der Waals surface area contributed by atoms with Crippen molar-refractivity contribution in [1.29, 1.82) is 0 Å². The lowest BCUT2D eigenvalue weighted by molar-refractivity contribution is -0.109. The predicted octanol–water partition coefficient (Wildman–Crippen LogP) is 4.88. The van der Waals surface area contributed by atoms with Crippen molar-refractivity contribution in [2.75, 3.05) is 5.75 Å². The van der Waals surface area contributed by atoms with Crippen LogP contribution in [0.2, 0.25) is 0 Å². The van der Waals surface area contributed by atoms with Gasteiger partial charge in [-0.25, -0.2) is 4.39 Å². The molecule has 1 aliphatic rings.